The first-order valence-corrected chi connectivity index (χ1v) is 8.00. The first kappa shape index (κ1) is 14.7. The molecule has 6 heteroatoms. The molecular weight excluding hydrogens is 262 g/mol. The molecule has 2 rings (SSSR count). The fourth-order valence-corrected chi connectivity index (χ4v) is 3.38. The highest BCUT2D eigenvalue weighted by Crippen LogP contribution is 2.17. The van der Waals surface area contributed by atoms with Gasteiger partial charge < -0.3 is 15.5 Å². The Morgan fingerprint density at radius 2 is 2.32 bits per heavy atom. The van der Waals surface area contributed by atoms with Crippen molar-refractivity contribution in [2.24, 2.45) is 5.92 Å². The molecule has 2 atom stereocenters. The van der Waals surface area contributed by atoms with Crippen molar-refractivity contribution in [3.8, 4) is 0 Å². The number of carbonyl (C=O) groups excluding carboxylic acids is 2. The van der Waals surface area contributed by atoms with Crippen molar-refractivity contribution >= 4 is 22.9 Å². The molecule has 2 saturated heterocycles. The molecular formula is C13H23N3O2S. The van der Waals surface area contributed by atoms with Crippen LogP contribution >= 0.6 is 11.8 Å². The zero-order chi connectivity index (χ0) is 13.8. The molecule has 0 aromatic carbocycles. The van der Waals surface area contributed by atoms with Gasteiger partial charge in [0.2, 0.25) is 5.91 Å². The molecule has 0 aromatic heterocycles. The normalized spacial score (nSPS) is 26.8. The van der Waals surface area contributed by atoms with E-state index in [0.29, 0.717) is 17.7 Å². The summed E-state index contributed by atoms with van der Waals surface area (Å²) in [6.45, 7) is 6.79. The number of hydrogen-bond donors (Lipinski definition) is 2. The Balaban J connectivity index is 1.94. The minimum atomic E-state index is -0.336. The van der Waals surface area contributed by atoms with Gasteiger partial charge in [-0.1, -0.05) is 25.6 Å². The number of thioether (sulfide) groups is 1. The molecule has 2 aliphatic heterocycles. The van der Waals surface area contributed by atoms with Crippen molar-refractivity contribution in [2.45, 2.75) is 38.8 Å². The number of hydrogen-bond acceptors (Lipinski definition) is 4. The van der Waals surface area contributed by atoms with E-state index < -0.39 is 0 Å². The van der Waals surface area contributed by atoms with Crippen molar-refractivity contribution in [1.29, 1.82) is 0 Å². The largest absolute Gasteiger partial charge is 0.339 e. The number of carbonyl (C=O) groups is 2. The molecule has 0 spiro atoms. The van der Waals surface area contributed by atoms with Crippen LogP contribution in [0.3, 0.4) is 0 Å². The molecule has 0 saturated carbocycles. The van der Waals surface area contributed by atoms with E-state index in [2.05, 4.69) is 24.5 Å². The van der Waals surface area contributed by atoms with Crippen molar-refractivity contribution in [2.75, 3.05) is 25.4 Å². The summed E-state index contributed by atoms with van der Waals surface area (Å²) in [5.41, 5.74) is 0. The molecule has 19 heavy (non-hydrogen) atoms. The summed E-state index contributed by atoms with van der Waals surface area (Å²) in [4.78, 5) is 25.6. The first-order valence-electron chi connectivity index (χ1n) is 7.01. The third kappa shape index (κ3) is 4.11. The second-order valence-electron chi connectivity index (χ2n) is 5.73. The fourth-order valence-electron chi connectivity index (χ4n) is 2.61. The zero-order valence-electron chi connectivity index (χ0n) is 11.6. The molecule has 2 aliphatic rings. The van der Waals surface area contributed by atoms with Gasteiger partial charge in [-0.3, -0.25) is 9.59 Å². The van der Waals surface area contributed by atoms with Crippen LogP contribution in [0, 0.1) is 5.92 Å². The molecule has 108 valence electrons. The van der Waals surface area contributed by atoms with Gasteiger partial charge in [-0.15, -0.1) is 0 Å². The Labute approximate surface area is 118 Å². The molecule has 2 amide bonds. The van der Waals surface area contributed by atoms with E-state index in [9.17, 15) is 9.59 Å². The van der Waals surface area contributed by atoms with Gasteiger partial charge in [0, 0.05) is 24.9 Å². The smallest absolute Gasteiger partial charge is 0.279 e. The lowest BCUT2D eigenvalue weighted by molar-refractivity contribution is -0.133. The average Bonchev–Trinajstić information content (AvgIpc) is 2.98. The topological polar surface area (TPSA) is 61.4 Å². The van der Waals surface area contributed by atoms with Crippen LogP contribution in [-0.4, -0.2) is 53.5 Å². The van der Waals surface area contributed by atoms with Gasteiger partial charge in [0.25, 0.3) is 5.24 Å². The van der Waals surface area contributed by atoms with Crippen LogP contribution in [0.1, 0.15) is 26.7 Å². The van der Waals surface area contributed by atoms with Gasteiger partial charge in [-0.05, 0) is 25.3 Å². The monoisotopic (exact) mass is 285 g/mol. The van der Waals surface area contributed by atoms with Crippen molar-refractivity contribution in [3.05, 3.63) is 0 Å². The summed E-state index contributed by atoms with van der Waals surface area (Å²) in [5.74, 6) is 1.07. The lowest BCUT2D eigenvalue weighted by Gasteiger charge is -2.29. The number of nitrogens with zero attached hydrogens (tertiary/aromatic N) is 1. The predicted octanol–water partition coefficient (Wildman–Crippen LogP) is 1.05. The minimum Gasteiger partial charge on any atom is -0.339 e. The van der Waals surface area contributed by atoms with Crippen LogP contribution in [0.25, 0.3) is 0 Å². The van der Waals surface area contributed by atoms with Crippen LogP contribution in [0.2, 0.25) is 0 Å². The van der Waals surface area contributed by atoms with Crippen LogP contribution < -0.4 is 10.6 Å². The van der Waals surface area contributed by atoms with E-state index in [4.69, 9.17) is 0 Å². The third-order valence-electron chi connectivity index (χ3n) is 3.47. The second-order valence-corrected chi connectivity index (χ2v) is 6.72. The number of nitrogens with one attached hydrogen (secondary N) is 2. The summed E-state index contributed by atoms with van der Waals surface area (Å²) in [5, 5.41) is 6.09. The average molecular weight is 285 g/mol. The molecule has 2 fully saturated rings. The highest BCUT2D eigenvalue weighted by Gasteiger charge is 2.32. The van der Waals surface area contributed by atoms with Gasteiger partial charge in [-0.2, -0.15) is 0 Å². The Kier molecular flexibility index (Phi) is 5.10. The maximum absolute atomic E-state index is 12.5. The van der Waals surface area contributed by atoms with E-state index in [1.54, 1.807) is 0 Å². The number of amides is 2. The van der Waals surface area contributed by atoms with E-state index in [0.717, 1.165) is 26.1 Å². The lowest BCUT2D eigenvalue weighted by atomic mass is 10.1. The standard InChI is InChI=1S/C13H23N3O2S/c1-9(2)6-16(7-10-4-3-5-14-10)12(17)11-8-19-13(18)15-11/h9-11,14H,3-8H2,1-2H3,(H,15,18). The van der Waals surface area contributed by atoms with Crippen molar-refractivity contribution in [1.82, 2.24) is 15.5 Å². The summed E-state index contributed by atoms with van der Waals surface area (Å²) >= 11 is 1.20. The van der Waals surface area contributed by atoms with Gasteiger partial charge in [-0.25, -0.2) is 0 Å². The molecule has 0 radical (unpaired) electrons. The summed E-state index contributed by atoms with van der Waals surface area (Å²) in [6.07, 6.45) is 2.32. The fraction of sp³-hybridized carbons (Fsp3) is 0.846. The molecule has 0 aliphatic carbocycles. The molecule has 5 nitrogen and oxygen atoms in total. The van der Waals surface area contributed by atoms with E-state index >= 15 is 0 Å². The molecule has 0 bridgehead atoms. The van der Waals surface area contributed by atoms with E-state index in [1.165, 1.54) is 18.2 Å². The van der Waals surface area contributed by atoms with Crippen LogP contribution in [0.15, 0.2) is 0 Å². The summed E-state index contributed by atoms with van der Waals surface area (Å²) < 4.78 is 0. The predicted molar refractivity (Wildman–Crippen MR) is 77.2 cm³/mol. The first-order chi connectivity index (χ1) is 9.06. The van der Waals surface area contributed by atoms with Crippen molar-refractivity contribution in [3.63, 3.8) is 0 Å². The molecule has 2 N–H and O–H groups in total. The Morgan fingerprint density at radius 1 is 1.53 bits per heavy atom. The van der Waals surface area contributed by atoms with Gasteiger partial charge in [0.15, 0.2) is 0 Å². The quantitative estimate of drug-likeness (QED) is 0.792. The zero-order valence-corrected chi connectivity index (χ0v) is 12.5. The third-order valence-corrected chi connectivity index (χ3v) is 4.35. The van der Waals surface area contributed by atoms with E-state index in [-0.39, 0.29) is 17.2 Å². The number of rotatable bonds is 5. The van der Waals surface area contributed by atoms with Gasteiger partial charge in [0.1, 0.15) is 6.04 Å². The maximum Gasteiger partial charge on any atom is 0.279 e. The maximum atomic E-state index is 12.5. The van der Waals surface area contributed by atoms with Crippen LogP contribution in [-0.2, 0) is 4.79 Å². The van der Waals surface area contributed by atoms with Gasteiger partial charge >= 0.3 is 0 Å². The SMILES string of the molecule is CC(C)CN(CC1CCCN1)C(=O)C1CSC(=O)N1. The van der Waals surface area contributed by atoms with E-state index in [1.807, 2.05) is 4.90 Å². The molecule has 0 aromatic rings. The summed E-state index contributed by atoms with van der Waals surface area (Å²) in [6, 6.07) is 0.0742. The summed E-state index contributed by atoms with van der Waals surface area (Å²) in [7, 11) is 0. The molecule has 2 unspecified atom stereocenters. The highest BCUT2D eigenvalue weighted by atomic mass is 32.2. The Hall–Kier alpha value is -0.750. The second kappa shape index (κ2) is 6.61. The Bertz CT molecular complexity index is 343. The Morgan fingerprint density at radius 3 is 2.84 bits per heavy atom. The lowest BCUT2D eigenvalue weighted by Crippen LogP contribution is -2.50. The highest BCUT2D eigenvalue weighted by molar-refractivity contribution is 8.14. The van der Waals surface area contributed by atoms with Crippen LogP contribution in [0.4, 0.5) is 4.79 Å². The van der Waals surface area contributed by atoms with Crippen molar-refractivity contribution < 1.29 is 9.59 Å². The minimum absolute atomic E-state index is 0.0701. The van der Waals surface area contributed by atoms with Gasteiger partial charge in [0.05, 0.1) is 0 Å². The van der Waals surface area contributed by atoms with Crippen LogP contribution in [0.5, 0.6) is 0 Å². The molecule has 2 heterocycles.